The van der Waals surface area contributed by atoms with Crippen LogP contribution in [-0.4, -0.2) is 36.3 Å². The maximum Gasteiger partial charge on any atom is 0.310 e. The highest BCUT2D eigenvalue weighted by atomic mass is 16.7. The third-order valence-electron chi connectivity index (χ3n) is 4.01. The summed E-state index contributed by atoms with van der Waals surface area (Å²) in [4.78, 5) is 22.8. The van der Waals surface area contributed by atoms with Crippen LogP contribution in [0.1, 0.15) is 28.6 Å². The number of phenols is 1. The van der Waals surface area contributed by atoms with Crippen LogP contribution in [0.3, 0.4) is 0 Å². The normalized spacial score (nSPS) is 14.6. The van der Waals surface area contributed by atoms with Gasteiger partial charge >= 0.3 is 5.69 Å². The minimum Gasteiger partial charge on any atom is -0.506 e. The Hall–Kier alpha value is -3.17. The summed E-state index contributed by atoms with van der Waals surface area (Å²) in [6.07, 6.45) is 0.245. The molecule has 0 radical (unpaired) electrons. The number of methoxy groups -OCH3 is 1. The number of ether oxygens (including phenoxy) is 3. The number of nitrogens with zero attached hydrogens (tertiary/aromatic N) is 1. The standard InChI is InChI=1S/C18H18N2O7/c1-25-16-10-11(3-5-14(16)20(23)24)17(22)19-13-9-12(4-6-15(13)21)18-26-7-2-8-27-18/h3-6,9-10,18,21H,2,7-8H2,1H3,(H,19,22). The molecule has 1 amide bonds. The first-order valence-corrected chi connectivity index (χ1v) is 8.19. The third kappa shape index (κ3) is 4.15. The predicted molar refractivity (Wildman–Crippen MR) is 95.0 cm³/mol. The summed E-state index contributed by atoms with van der Waals surface area (Å²) in [5, 5.41) is 23.6. The number of phenolic OH excluding ortho intramolecular Hbond substituents is 1. The van der Waals surface area contributed by atoms with Crippen molar-refractivity contribution in [2.75, 3.05) is 25.6 Å². The zero-order valence-electron chi connectivity index (χ0n) is 14.5. The molecule has 142 valence electrons. The maximum atomic E-state index is 12.5. The first-order chi connectivity index (χ1) is 13.0. The van der Waals surface area contributed by atoms with Gasteiger partial charge in [0.15, 0.2) is 12.0 Å². The van der Waals surface area contributed by atoms with Crippen molar-refractivity contribution in [3.05, 3.63) is 57.6 Å². The molecule has 0 bridgehead atoms. The summed E-state index contributed by atoms with van der Waals surface area (Å²) in [6.45, 7) is 1.13. The lowest BCUT2D eigenvalue weighted by molar-refractivity contribution is -0.385. The summed E-state index contributed by atoms with van der Waals surface area (Å²) < 4.78 is 16.0. The molecule has 9 heteroatoms. The van der Waals surface area contributed by atoms with E-state index in [4.69, 9.17) is 14.2 Å². The van der Waals surface area contributed by atoms with Crippen LogP contribution in [0.4, 0.5) is 11.4 Å². The number of hydrogen-bond acceptors (Lipinski definition) is 7. The molecule has 2 N–H and O–H groups in total. The number of nitro groups is 1. The Morgan fingerprint density at radius 3 is 2.67 bits per heavy atom. The second-order valence-corrected chi connectivity index (χ2v) is 5.80. The van der Waals surface area contributed by atoms with E-state index in [2.05, 4.69) is 5.32 Å². The molecule has 1 heterocycles. The van der Waals surface area contributed by atoms with E-state index in [1.807, 2.05) is 0 Å². The average molecular weight is 374 g/mol. The Labute approximate surface area is 154 Å². The van der Waals surface area contributed by atoms with Crippen molar-refractivity contribution in [2.24, 2.45) is 0 Å². The smallest absolute Gasteiger partial charge is 0.310 e. The number of nitrogens with one attached hydrogen (secondary N) is 1. The van der Waals surface area contributed by atoms with Gasteiger partial charge in [0, 0.05) is 23.3 Å². The number of aromatic hydroxyl groups is 1. The van der Waals surface area contributed by atoms with E-state index < -0.39 is 17.1 Å². The van der Waals surface area contributed by atoms with Crippen LogP contribution >= 0.6 is 0 Å². The van der Waals surface area contributed by atoms with Crippen LogP contribution in [0.2, 0.25) is 0 Å². The number of anilines is 1. The summed E-state index contributed by atoms with van der Waals surface area (Å²) in [5.74, 6) is -0.715. The van der Waals surface area contributed by atoms with Gasteiger partial charge in [-0.25, -0.2) is 0 Å². The highest BCUT2D eigenvalue weighted by Gasteiger charge is 2.20. The number of hydrogen-bond donors (Lipinski definition) is 2. The molecule has 0 unspecified atom stereocenters. The number of carbonyl (C=O) groups excluding carboxylic acids is 1. The lowest BCUT2D eigenvalue weighted by Gasteiger charge is -2.24. The van der Waals surface area contributed by atoms with Crippen LogP contribution in [0.15, 0.2) is 36.4 Å². The molecule has 0 aliphatic carbocycles. The van der Waals surface area contributed by atoms with Crippen LogP contribution in [-0.2, 0) is 9.47 Å². The molecule has 0 spiro atoms. The molecule has 2 aromatic rings. The first kappa shape index (κ1) is 18.6. The van der Waals surface area contributed by atoms with E-state index in [0.29, 0.717) is 18.8 Å². The lowest BCUT2D eigenvalue weighted by Crippen LogP contribution is -2.18. The average Bonchev–Trinajstić information content (AvgIpc) is 2.69. The Morgan fingerprint density at radius 1 is 1.26 bits per heavy atom. The minimum atomic E-state index is -0.597. The summed E-state index contributed by atoms with van der Waals surface area (Å²) >= 11 is 0. The summed E-state index contributed by atoms with van der Waals surface area (Å²) in [5.41, 5.74) is 0.731. The zero-order valence-corrected chi connectivity index (χ0v) is 14.5. The predicted octanol–water partition coefficient (Wildman–Crippen LogP) is 3.00. The van der Waals surface area contributed by atoms with Crippen molar-refractivity contribution in [1.82, 2.24) is 0 Å². The molecule has 1 saturated heterocycles. The number of nitro benzene ring substituents is 1. The molecule has 3 rings (SSSR count). The lowest BCUT2D eigenvalue weighted by atomic mass is 10.1. The summed E-state index contributed by atoms with van der Waals surface area (Å²) in [7, 11) is 1.28. The van der Waals surface area contributed by atoms with Gasteiger partial charge in [-0.2, -0.15) is 0 Å². The zero-order chi connectivity index (χ0) is 19.4. The Morgan fingerprint density at radius 2 is 2.00 bits per heavy atom. The fourth-order valence-corrected chi connectivity index (χ4v) is 2.64. The molecule has 2 aromatic carbocycles. The van der Waals surface area contributed by atoms with Gasteiger partial charge in [0.2, 0.25) is 0 Å². The van der Waals surface area contributed by atoms with Crippen molar-refractivity contribution in [1.29, 1.82) is 0 Å². The molecule has 27 heavy (non-hydrogen) atoms. The van der Waals surface area contributed by atoms with E-state index >= 15 is 0 Å². The maximum absolute atomic E-state index is 12.5. The Bertz CT molecular complexity index is 863. The van der Waals surface area contributed by atoms with Gasteiger partial charge in [0.25, 0.3) is 5.91 Å². The van der Waals surface area contributed by atoms with Crippen LogP contribution in [0, 0.1) is 10.1 Å². The number of carbonyl (C=O) groups is 1. The number of amides is 1. The van der Waals surface area contributed by atoms with Gasteiger partial charge in [-0.15, -0.1) is 0 Å². The van der Waals surface area contributed by atoms with E-state index in [1.165, 1.54) is 31.4 Å². The minimum absolute atomic E-state index is 0.0328. The SMILES string of the molecule is COc1cc(C(=O)Nc2cc(C3OCCCO3)ccc2O)ccc1[N+](=O)[O-]. The fourth-order valence-electron chi connectivity index (χ4n) is 2.64. The number of benzene rings is 2. The highest BCUT2D eigenvalue weighted by molar-refractivity contribution is 6.05. The number of rotatable bonds is 5. The topological polar surface area (TPSA) is 120 Å². The van der Waals surface area contributed by atoms with Crippen molar-refractivity contribution in [3.63, 3.8) is 0 Å². The van der Waals surface area contributed by atoms with Gasteiger partial charge < -0.3 is 24.6 Å². The molecular weight excluding hydrogens is 356 g/mol. The monoisotopic (exact) mass is 374 g/mol. The van der Waals surface area contributed by atoms with Gasteiger partial charge in [-0.3, -0.25) is 14.9 Å². The van der Waals surface area contributed by atoms with Crippen molar-refractivity contribution in [2.45, 2.75) is 12.7 Å². The van der Waals surface area contributed by atoms with Gasteiger partial charge in [-0.05, 0) is 24.6 Å². The van der Waals surface area contributed by atoms with Crippen molar-refractivity contribution in [3.8, 4) is 11.5 Å². The van der Waals surface area contributed by atoms with Crippen molar-refractivity contribution < 1.29 is 29.0 Å². The molecule has 0 atom stereocenters. The van der Waals surface area contributed by atoms with E-state index in [-0.39, 0.29) is 28.4 Å². The van der Waals surface area contributed by atoms with E-state index in [1.54, 1.807) is 12.1 Å². The quantitative estimate of drug-likeness (QED) is 0.469. The van der Waals surface area contributed by atoms with Crippen LogP contribution < -0.4 is 10.1 Å². The molecular formula is C18H18N2O7. The molecule has 9 nitrogen and oxygen atoms in total. The Kier molecular flexibility index (Phi) is 5.53. The fraction of sp³-hybridized carbons (Fsp3) is 0.278. The largest absolute Gasteiger partial charge is 0.506 e. The Balaban J connectivity index is 1.82. The van der Waals surface area contributed by atoms with Crippen molar-refractivity contribution >= 4 is 17.3 Å². The van der Waals surface area contributed by atoms with Crippen LogP contribution in [0.5, 0.6) is 11.5 Å². The molecule has 1 aliphatic rings. The van der Waals surface area contributed by atoms with Crippen LogP contribution in [0.25, 0.3) is 0 Å². The van der Waals surface area contributed by atoms with E-state index in [0.717, 1.165) is 6.42 Å². The van der Waals surface area contributed by atoms with Gasteiger partial charge in [0.1, 0.15) is 5.75 Å². The molecule has 1 fully saturated rings. The third-order valence-corrected chi connectivity index (χ3v) is 4.01. The molecule has 1 aliphatic heterocycles. The van der Waals surface area contributed by atoms with Gasteiger partial charge in [-0.1, -0.05) is 6.07 Å². The summed E-state index contributed by atoms with van der Waals surface area (Å²) in [6, 6.07) is 8.41. The molecule has 0 aromatic heterocycles. The van der Waals surface area contributed by atoms with Gasteiger partial charge in [0.05, 0.1) is 30.9 Å². The van der Waals surface area contributed by atoms with E-state index in [9.17, 15) is 20.0 Å². The second-order valence-electron chi connectivity index (χ2n) is 5.80. The molecule has 0 saturated carbocycles. The second kappa shape index (κ2) is 8.02. The highest BCUT2D eigenvalue weighted by Crippen LogP contribution is 2.32. The first-order valence-electron chi connectivity index (χ1n) is 8.19.